The Bertz CT molecular complexity index is 598. The maximum Gasteiger partial charge on any atom is 0.338 e. The van der Waals surface area contributed by atoms with E-state index in [2.05, 4.69) is 10.1 Å². The largest absolute Gasteiger partial charge is 0.478 e. The number of nitrogens with zero attached hydrogens (tertiary/aromatic N) is 4. The van der Waals surface area contributed by atoms with E-state index in [1.165, 1.54) is 23.3 Å². The van der Waals surface area contributed by atoms with Crippen molar-refractivity contribution in [2.24, 2.45) is 0 Å². The van der Waals surface area contributed by atoms with Crippen LogP contribution in [0.2, 0.25) is 0 Å². The Balaban J connectivity index is 2.26. The van der Waals surface area contributed by atoms with Crippen LogP contribution in [0.15, 0.2) is 30.7 Å². The monoisotopic (exact) mass is 228 g/mol. The van der Waals surface area contributed by atoms with Gasteiger partial charge in [-0.1, -0.05) is 6.07 Å². The number of nitriles is 1. The summed E-state index contributed by atoms with van der Waals surface area (Å²) in [6.45, 7) is 0.323. The van der Waals surface area contributed by atoms with E-state index in [4.69, 9.17) is 10.4 Å². The number of rotatable bonds is 3. The van der Waals surface area contributed by atoms with Crippen molar-refractivity contribution < 1.29 is 9.90 Å². The van der Waals surface area contributed by atoms with Crippen LogP contribution in [0.25, 0.3) is 0 Å². The Labute approximate surface area is 96.8 Å². The van der Waals surface area contributed by atoms with Gasteiger partial charge in [-0.15, -0.1) is 0 Å². The standard InChI is InChI=1S/C11H8N4O2/c12-4-10-8(2-1-3-13-10)6-15-7-9(5-14-15)11(16)17/h1-3,5,7H,6H2,(H,16,17). The predicted molar refractivity (Wildman–Crippen MR) is 57.2 cm³/mol. The molecule has 6 heteroatoms. The van der Waals surface area contributed by atoms with Gasteiger partial charge >= 0.3 is 5.97 Å². The summed E-state index contributed by atoms with van der Waals surface area (Å²) >= 11 is 0. The fourth-order valence-corrected chi connectivity index (χ4v) is 1.40. The first-order valence-electron chi connectivity index (χ1n) is 4.80. The molecule has 0 aliphatic carbocycles. The number of carbonyl (C=O) groups is 1. The molecule has 0 spiro atoms. The summed E-state index contributed by atoms with van der Waals surface area (Å²) in [6, 6.07) is 5.45. The van der Waals surface area contributed by atoms with Crippen molar-refractivity contribution in [3.8, 4) is 6.07 Å². The summed E-state index contributed by atoms with van der Waals surface area (Å²) < 4.78 is 1.46. The lowest BCUT2D eigenvalue weighted by Gasteiger charge is -2.02. The van der Waals surface area contributed by atoms with Gasteiger partial charge in [-0.25, -0.2) is 9.78 Å². The van der Waals surface area contributed by atoms with E-state index >= 15 is 0 Å². The van der Waals surface area contributed by atoms with Crippen LogP contribution in [-0.2, 0) is 6.54 Å². The normalized spacial score (nSPS) is 9.82. The van der Waals surface area contributed by atoms with E-state index in [0.717, 1.165) is 0 Å². The minimum absolute atomic E-state index is 0.118. The Hall–Kier alpha value is -2.68. The molecule has 0 saturated carbocycles. The molecular formula is C11H8N4O2. The molecule has 84 valence electrons. The third-order valence-corrected chi connectivity index (χ3v) is 2.21. The van der Waals surface area contributed by atoms with Gasteiger partial charge in [0.2, 0.25) is 0 Å². The molecule has 0 aliphatic rings. The quantitative estimate of drug-likeness (QED) is 0.842. The van der Waals surface area contributed by atoms with Gasteiger partial charge in [0, 0.05) is 18.0 Å². The highest BCUT2D eigenvalue weighted by Crippen LogP contribution is 2.07. The third kappa shape index (κ3) is 2.29. The van der Waals surface area contributed by atoms with Crippen LogP contribution in [0.4, 0.5) is 0 Å². The molecular weight excluding hydrogens is 220 g/mol. The molecule has 0 saturated heterocycles. The second-order valence-electron chi connectivity index (χ2n) is 3.35. The molecule has 0 bridgehead atoms. The Kier molecular flexibility index (Phi) is 2.83. The van der Waals surface area contributed by atoms with Crippen LogP contribution in [-0.4, -0.2) is 25.8 Å². The van der Waals surface area contributed by atoms with Crippen molar-refractivity contribution in [1.29, 1.82) is 5.26 Å². The van der Waals surface area contributed by atoms with E-state index in [1.807, 2.05) is 6.07 Å². The molecule has 0 radical (unpaired) electrons. The molecule has 2 rings (SSSR count). The van der Waals surface area contributed by atoms with Crippen molar-refractivity contribution in [1.82, 2.24) is 14.8 Å². The lowest BCUT2D eigenvalue weighted by Crippen LogP contribution is -2.03. The van der Waals surface area contributed by atoms with E-state index in [1.54, 1.807) is 12.1 Å². The Morgan fingerprint density at radius 1 is 1.59 bits per heavy atom. The van der Waals surface area contributed by atoms with Gasteiger partial charge in [-0.2, -0.15) is 10.4 Å². The summed E-state index contributed by atoms with van der Waals surface area (Å²) in [7, 11) is 0. The second-order valence-corrected chi connectivity index (χ2v) is 3.35. The molecule has 0 fully saturated rings. The second kappa shape index (κ2) is 4.45. The lowest BCUT2D eigenvalue weighted by molar-refractivity contribution is 0.0697. The molecule has 2 aromatic heterocycles. The molecule has 17 heavy (non-hydrogen) atoms. The van der Waals surface area contributed by atoms with E-state index in [0.29, 0.717) is 17.8 Å². The number of hydrogen-bond donors (Lipinski definition) is 1. The van der Waals surface area contributed by atoms with Gasteiger partial charge < -0.3 is 5.11 Å². The van der Waals surface area contributed by atoms with Gasteiger partial charge in [0.1, 0.15) is 11.8 Å². The third-order valence-electron chi connectivity index (χ3n) is 2.21. The first kappa shape index (κ1) is 10.8. The van der Waals surface area contributed by atoms with E-state index < -0.39 is 5.97 Å². The average molecular weight is 228 g/mol. The summed E-state index contributed by atoms with van der Waals surface area (Å²) in [5.41, 5.74) is 1.14. The molecule has 0 atom stereocenters. The fourth-order valence-electron chi connectivity index (χ4n) is 1.40. The highest BCUT2D eigenvalue weighted by atomic mass is 16.4. The molecule has 0 aliphatic heterocycles. The SMILES string of the molecule is N#Cc1ncccc1Cn1cc(C(=O)O)cn1. The van der Waals surface area contributed by atoms with Crippen molar-refractivity contribution in [3.05, 3.63) is 47.5 Å². The molecule has 6 nitrogen and oxygen atoms in total. The van der Waals surface area contributed by atoms with Crippen LogP contribution >= 0.6 is 0 Å². The average Bonchev–Trinajstić information content (AvgIpc) is 2.78. The van der Waals surface area contributed by atoms with Gasteiger partial charge in [-0.3, -0.25) is 4.68 Å². The van der Waals surface area contributed by atoms with Crippen molar-refractivity contribution in [3.63, 3.8) is 0 Å². The number of aromatic carboxylic acids is 1. The molecule has 1 N–H and O–H groups in total. The van der Waals surface area contributed by atoms with Crippen molar-refractivity contribution >= 4 is 5.97 Å². The molecule has 0 aromatic carbocycles. The van der Waals surface area contributed by atoms with Crippen LogP contribution in [0.1, 0.15) is 21.6 Å². The maximum atomic E-state index is 10.7. The lowest BCUT2D eigenvalue weighted by atomic mass is 10.2. The summed E-state index contributed by atoms with van der Waals surface area (Å²) in [5, 5.41) is 21.5. The molecule has 0 unspecified atom stereocenters. The van der Waals surface area contributed by atoms with Gasteiger partial charge in [0.15, 0.2) is 0 Å². The number of carboxylic acid groups (broad SMARTS) is 1. The maximum absolute atomic E-state index is 10.7. The van der Waals surface area contributed by atoms with E-state index in [9.17, 15) is 4.79 Å². The Morgan fingerprint density at radius 3 is 3.06 bits per heavy atom. The van der Waals surface area contributed by atoms with Crippen molar-refractivity contribution in [2.75, 3.05) is 0 Å². The summed E-state index contributed by atoms with van der Waals surface area (Å²) in [4.78, 5) is 14.6. The van der Waals surface area contributed by atoms with Gasteiger partial charge in [0.05, 0.1) is 18.3 Å². The molecule has 2 heterocycles. The first-order valence-corrected chi connectivity index (χ1v) is 4.80. The Morgan fingerprint density at radius 2 is 2.41 bits per heavy atom. The van der Waals surface area contributed by atoms with Gasteiger partial charge in [0.25, 0.3) is 0 Å². The minimum atomic E-state index is -1.03. The fraction of sp³-hybridized carbons (Fsp3) is 0.0909. The number of carboxylic acids is 1. The number of hydrogen-bond acceptors (Lipinski definition) is 4. The van der Waals surface area contributed by atoms with Crippen LogP contribution < -0.4 is 0 Å². The smallest absolute Gasteiger partial charge is 0.338 e. The minimum Gasteiger partial charge on any atom is -0.478 e. The number of pyridine rings is 1. The predicted octanol–water partition coefficient (Wildman–Crippen LogP) is 0.896. The highest BCUT2D eigenvalue weighted by molar-refractivity contribution is 5.86. The zero-order valence-corrected chi connectivity index (χ0v) is 8.74. The van der Waals surface area contributed by atoms with Crippen LogP contribution in [0, 0.1) is 11.3 Å². The summed E-state index contributed by atoms with van der Waals surface area (Å²) in [5.74, 6) is -1.03. The zero-order chi connectivity index (χ0) is 12.3. The molecule has 0 amide bonds. The van der Waals surface area contributed by atoms with Crippen molar-refractivity contribution in [2.45, 2.75) is 6.54 Å². The van der Waals surface area contributed by atoms with Crippen LogP contribution in [0.5, 0.6) is 0 Å². The van der Waals surface area contributed by atoms with E-state index in [-0.39, 0.29) is 5.56 Å². The number of aromatic nitrogens is 3. The highest BCUT2D eigenvalue weighted by Gasteiger charge is 2.08. The van der Waals surface area contributed by atoms with Crippen LogP contribution in [0.3, 0.4) is 0 Å². The van der Waals surface area contributed by atoms with Gasteiger partial charge in [-0.05, 0) is 6.07 Å². The first-order chi connectivity index (χ1) is 8.20. The molecule has 2 aromatic rings. The zero-order valence-electron chi connectivity index (χ0n) is 8.74. The topological polar surface area (TPSA) is 91.8 Å². The summed E-state index contributed by atoms with van der Waals surface area (Å²) in [6.07, 6.45) is 4.22.